The third kappa shape index (κ3) is 3.45. The predicted molar refractivity (Wildman–Crippen MR) is 81.6 cm³/mol. The summed E-state index contributed by atoms with van der Waals surface area (Å²) in [5.41, 5.74) is 1.56. The van der Waals surface area contributed by atoms with Gasteiger partial charge in [-0.3, -0.25) is 4.90 Å². The number of halogens is 2. The average molecular weight is 303 g/mol. The van der Waals surface area contributed by atoms with Crippen LogP contribution < -0.4 is 4.74 Å². The summed E-state index contributed by atoms with van der Waals surface area (Å²) in [6, 6.07) is 12.3. The topological polar surface area (TPSA) is 12.5 Å². The molecular weight excluding hydrogens is 284 g/mol. The zero-order chi connectivity index (χ0) is 15.5. The molecule has 0 saturated heterocycles. The minimum Gasteiger partial charge on any atom is -0.494 e. The fraction of sp³-hybridized carbons (Fsp3) is 0.333. The van der Waals surface area contributed by atoms with Gasteiger partial charge in [-0.1, -0.05) is 24.3 Å². The molecule has 0 heterocycles. The highest BCUT2D eigenvalue weighted by Crippen LogP contribution is 2.31. The minimum atomic E-state index is -0.360. The Kier molecular flexibility index (Phi) is 4.39. The van der Waals surface area contributed by atoms with E-state index >= 15 is 0 Å². The molecule has 0 spiro atoms. The highest BCUT2D eigenvalue weighted by molar-refractivity contribution is 5.29. The normalized spacial score (nSPS) is 14.4. The first-order valence-corrected chi connectivity index (χ1v) is 7.47. The van der Waals surface area contributed by atoms with Crippen LogP contribution in [-0.4, -0.2) is 18.1 Å². The van der Waals surface area contributed by atoms with Crippen LogP contribution in [0, 0.1) is 11.6 Å². The molecule has 1 aliphatic carbocycles. The Morgan fingerprint density at radius 2 is 1.82 bits per heavy atom. The third-order valence-electron chi connectivity index (χ3n) is 4.00. The summed E-state index contributed by atoms with van der Waals surface area (Å²) in [7, 11) is 1.45. The van der Waals surface area contributed by atoms with Gasteiger partial charge in [-0.2, -0.15) is 0 Å². The van der Waals surface area contributed by atoms with Gasteiger partial charge in [0, 0.05) is 24.7 Å². The number of ether oxygens (including phenoxy) is 1. The Bertz CT molecular complexity index is 655. The molecule has 2 aromatic carbocycles. The summed E-state index contributed by atoms with van der Waals surface area (Å²) in [6.45, 7) is 1.16. The van der Waals surface area contributed by atoms with E-state index in [1.165, 1.54) is 19.2 Å². The summed E-state index contributed by atoms with van der Waals surface area (Å²) in [5, 5.41) is 0. The van der Waals surface area contributed by atoms with Crippen LogP contribution in [0.15, 0.2) is 42.5 Å². The van der Waals surface area contributed by atoms with Gasteiger partial charge in [0.05, 0.1) is 7.11 Å². The Morgan fingerprint density at radius 1 is 1.05 bits per heavy atom. The smallest absolute Gasteiger partial charge is 0.165 e. The fourth-order valence-electron chi connectivity index (χ4n) is 2.64. The molecule has 0 radical (unpaired) electrons. The lowest BCUT2D eigenvalue weighted by atomic mass is 10.1. The minimum absolute atomic E-state index is 0.186. The molecule has 4 heteroatoms. The van der Waals surface area contributed by atoms with E-state index < -0.39 is 0 Å². The van der Waals surface area contributed by atoms with E-state index in [1.807, 2.05) is 12.1 Å². The van der Waals surface area contributed by atoms with Crippen molar-refractivity contribution in [3.63, 3.8) is 0 Å². The van der Waals surface area contributed by atoms with Gasteiger partial charge in [0.1, 0.15) is 5.82 Å². The van der Waals surface area contributed by atoms with Crippen molar-refractivity contribution in [3.05, 3.63) is 65.2 Å². The highest BCUT2D eigenvalue weighted by Gasteiger charge is 2.29. The zero-order valence-corrected chi connectivity index (χ0v) is 12.6. The number of methoxy groups -OCH3 is 1. The first-order chi connectivity index (χ1) is 10.7. The Balaban J connectivity index is 1.75. The second-order valence-electron chi connectivity index (χ2n) is 5.70. The number of rotatable bonds is 6. The van der Waals surface area contributed by atoms with E-state index in [2.05, 4.69) is 4.90 Å². The number of hydrogen-bond acceptors (Lipinski definition) is 2. The quantitative estimate of drug-likeness (QED) is 0.795. The zero-order valence-electron chi connectivity index (χ0n) is 12.6. The van der Waals surface area contributed by atoms with Crippen LogP contribution in [0.1, 0.15) is 24.0 Å². The summed E-state index contributed by atoms with van der Waals surface area (Å²) in [4.78, 5) is 2.21. The molecule has 0 bridgehead atoms. The average Bonchev–Trinajstić information content (AvgIpc) is 3.34. The van der Waals surface area contributed by atoms with Crippen molar-refractivity contribution in [1.29, 1.82) is 0 Å². The van der Waals surface area contributed by atoms with E-state index in [0.29, 0.717) is 24.7 Å². The summed E-state index contributed by atoms with van der Waals surface area (Å²) in [6.07, 6.45) is 2.24. The van der Waals surface area contributed by atoms with Crippen LogP contribution in [0.4, 0.5) is 8.78 Å². The van der Waals surface area contributed by atoms with Crippen molar-refractivity contribution < 1.29 is 13.5 Å². The van der Waals surface area contributed by atoms with Gasteiger partial charge in [-0.15, -0.1) is 0 Å². The van der Waals surface area contributed by atoms with Crippen molar-refractivity contribution in [2.75, 3.05) is 7.11 Å². The van der Waals surface area contributed by atoms with Crippen LogP contribution in [0.25, 0.3) is 0 Å². The van der Waals surface area contributed by atoms with E-state index in [1.54, 1.807) is 18.2 Å². The molecule has 0 unspecified atom stereocenters. The Morgan fingerprint density at radius 3 is 2.45 bits per heavy atom. The Labute approximate surface area is 129 Å². The van der Waals surface area contributed by atoms with Gasteiger partial charge < -0.3 is 4.74 Å². The molecule has 1 aliphatic rings. The molecule has 2 aromatic rings. The van der Waals surface area contributed by atoms with Gasteiger partial charge in [0.25, 0.3) is 0 Å². The second kappa shape index (κ2) is 6.44. The van der Waals surface area contributed by atoms with Crippen LogP contribution >= 0.6 is 0 Å². The third-order valence-corrected chi connectivity index (χ3v) is 4.00. The molecule has 0 aromatic heterocycles. The van der Waals surface area contributed by atoms with E-state index in [4.69, 9.17) is 4.74 Å². The SMILES string of the molecule is COc1ccc(CN(Cc2ccccc2F)C2CC2)cc1F. The molecule has 2 nitrogen and oxygen atoms in total. The van der Waals surface area contributed by atoms with Crippen LogP contribution in [-0.2, 0) is 13.1 Å². The van der Waals surface area contributed by atoms with E-state index in [9.17, 15) is 8.78 Å². The van der Waals surface area contributed by atoms with Crippen LogP contribution in [0.3, 0.4) is 0 Å². The van der Waals surface area contributed by atoms with E-state index in [0.717, 1.165) is 18.4 Å². The molecule has 3 rings (SSSR count). The fourth-order valence-corrected chi connectivity index (χ4v) is 2.64. The molecule has 0 atom stereocenters. The van der Waals surface area contributed by atoms with Crippen molar-refractivity contribution in [2.45, 2.75) is 32.0 Å². The lowest BCUT2D eigenvalue weighted by Crippen LogP contribution is -2.25. The number of nitrogens with zero attached hydrogens (tertiary/aromatic N) is 1. The van der Waals surface area contributed by atoms with Crippen molar-refractivity contribution in [1.82, 2.24) is 4.90 Å². The van der Waals surface area contributed by atoms with Gasteiger partial charge >= 0.3 is 0 Å². The highest BCUT2D eigenvalue weighted by atomic mass is 19.1. The molecule has 0 aliphatic heterocycles. The molecule has 1 fully saturated rings. The van der Waals surface area contributed by atoms with Gasteiger partial charge in [-0.25, -0.2) is 8.78 Å². The van der Waals surface area contributed by atoms with Crippen LogP contribution in [0.2, 0.25) is 0 Å². The summed E-state index contributed by atoms with van der Waals surface area (Å²) in [5.74, 6) is -0.300. The van der Waals surface area contributed by atoms with E-state index in [-0.39, 0.29) is 17.4 Å². The second-order valence-corrected chi connectivity index (χ2v) is 5.70. The van der Waals surface area contributed by atoms with Crippen molar-refractivity contribution in [2.24, 2.45) is 0 Å². The van der Waals surface area contributed by atoms with Crippen molar-refractivity contribution in [3.8, 4) is 5.75 Å². The molecule has 22 heavy (non-hydrogen) atoms. The van der Waals surface area contributed by atoms with Crippen LogP contribution in [0.5, 0.6) is 5.75 Å². The largest absolute Gasteiger partial charge is 0.494 e. The molecule has 1 saturated carbocycles. The molecule has 0 amide bonds. The van der Waals surface area contributed by atoms with Gasteiger partial charge in [0.15, 0.2) is 11.6 Å². The number of benzene rings is 2. The number of hydrogen-bond donors (Lipinski definition) is 0. The van der Waals surface area contributed by atoms with Crippen molar-refractivity contribution >= 4 is 0 Å². The standard InChI is InChI=1S/C18H19F2NO/c1-22-18-9-6-13(10-17(18)20)11-21(15-7-8-15)12-14-4-2-3-5-16(14)19/h2-6,9-10,15H,7-8,11-12H2,1H3. The first-order valence-electron chi connectivity index (χ1n) is 7.47. The summed E-state index contributed by atoms with van der Waals surface area (Å²) >= 11 is 0. The molecular formula is C18H19F2NO. The maximum Gasteiger partial charge on any atom is 0.165 e. The maximum atomic E-state index is 13.8. The van der Waals surface area contributed by atoms with Gasteiger partial charge in [0.2, 0.25) is 0 Å². The lowest BCUT2D eigenvalue weighted by Gasteiger charge is -2.22. The lowest BCUT2D eigenvalue weighted by molar-refractivity contribution is 0.242. The summed E-state index contributed by atoms with van der Waals surface area (Å²) < 4.78 is 32.6. The van der Waals surface area contributed by atoms with Gasteiger partial charge in [-0.05, 0) is 36.6 Å². The Hall–Kier alpha value is -1.94. The molecule has 116 valence electrons. The molecule has 0 N–H and O–H groups in total. The first kappa shape index (κ1) is 15.0. The maximum absolute atomic E-state index is 13.8. The monoisotopic (exact) mass is 303 g/mol. The predicted octanol–water partition coefficient (Wildman–Crippen LogP) is 4.14.